The maximum absolute atomic E-state index is 11.7. The molecular formula is C21H33N3O12. The molecule has 0 aromatic heterocycles. The maximum Gasteiger partial charge on any atom is 0.305 e. The van der Waals surface area contributed by atoms with Gasteiger partial charge in [-0.1, -0.05) is 5.11 Å². The predicted molar refractivity (Wildman–Crippen MR) is 118 cm³/mol. The summed E-state index contributed by atoms with van der Waals surface area (Å²) in [5.74, 6) is -2.36. The van der Waals surface area contributed by atoms with Crippen LogP contribution in [0.25, 0.3) is 10.4 Å². The highest BCUT2D eigenvalue weighted by atomic mass is 16.7. The zero-order valence-electron chi connectivity index (χ0n) is 20.8. The number of esters is 4. The summed E-state index contributed by atoms with van der Waals surface area (Å²) >= 11 is 0. The van der Waals surface area contributed by atoms with Crippen LogP contribution < -0.4 is 0 Å². The largest absolute Gasteiger partial charge is 0.469 e. The van der Waals surface area contributed by atoms with Gasteiger partial charge in [-0.25, -0.2) is 0 Å². The fraction of sp³-hybridized carbons (Fsp3) is 0.810. The lowest BCUT2D eigenvalue weighted by Crippen LogP contribution is -2.61. The van der Waals surface area contributed by atoms with E-state index in [2.05, 4.69) is 14.8 Å². The van der Waals surface area contributed by atoms with E-state index >= 15 is 0 Å². The minimum atomic E-state index is -1.26. The quantitative estimate of drug-likeness (QED) is 0.0697. The van der Waals surface area contributed by atoms with Crippen molar-refractivity contribution < 1.29 is 57.1 Å². The van der Waals surface area contributed by atoms with Crippen LogP contribution in [0.15, 0.2) is 5.11 Å². The Morgan fingerprint density at radius 3 is 2.08 bits per heavy atom. The van der Waals surface area contributed by atoms with Crippen molar-refractivity contribution in [2.45, 2.75) is 64.3 Å². The van der Waals surface area contributed by atoms with Crippen LogP contribution in [0, 0.1) is 0 Å². The molecule has 0 radical (unpaired) electrons. The van der Waals surface area contributed by atoms with E-state index in [0.29, 0.717) is 19.6 Å². The zero-order chi connectivity index (χ0) is 26.9. The molecule has 0 aliphatic carbocycles. The Labute approximate surface area is 208 Å². The van der Waals surface area contributed by atoms with Gasteiger partial charge in [0, 0.05) is 38.7 Å². The van der Waals surface area contributed by atoms with Gasteiger partial charge in [0.2, 0.25) is 0 Å². The standard InChI is InChI=1S/C21H33N3O12/c1-13(25)33-12-16-19(34-14(2)26)20(35-15(3)27)18(23-24-22)21(36-16)32-11-10-31-9-8-30-7-5-6-17(28)29-4/h16,18-21H,5-12H2,1-4H3/t16-,18+,19-,20-,21+/m1/s1. The summed E-state index contributed by atoms with van der Waals surface area (Å²) in [5, 5.41) is 3.62. The van der Waals surface area contributed by atoms with E-state index in [4.69, 9.17) is 38.7 Å². The Kier molecular flexibility index (Phi) is 15.1. The molecule has 0 amide bonds. The van der Waals surface area contributed by atoms with E-state index in [1.165, 1.54) is 14.0 Å². The second-order valence-corrected chi connectivity index (χ2v) is 7.46. The van der Waals surface area contributed by atoms with Crippen LogP contribution in [0.1, 0.15) is 33.6 Å². The van der Waals surface area contributed by atoms with Crippen LogP contribution in [0.5, 0.6) is 0 Å². The van der Waals surface area contributed by atoms with Gasteiger partial charge in [-0.15, -0.1) is 0 Å². The normalized spacial score (nSPS) is 23.2. The first kappa shape index (κ1) is 31.1. The average molecular weight is 520 g/mol. The topological polar surface area (TPSA) is 191 Å². The Morgan fingerprint density at radius 1 is 0.889 bits per heavy atom. The van der Waals surface area contributed by atoms with Crippen LogP contribution in [-0.4, -0.2) is 101 Å². The van der Waals surface area contributed by atoms with Crippen LogP contribution >= 0.6 is 0 Å². The van der Waals surface area contributed by atoms with Crippen LogP contribution in [0.2, 0.25) is 0 Å². The predicted octanol–water partition coefficient (Wildman–Crippen LogP) is 0.820. The zero-order valence-corrected chi connectivity index (χ0v) is 20.8. The SMILES string of the molecule is COC(=O)CCCOCCOCCO[C@H]1O[C@H](COC(C)=O)[C@@H](OC(C)=O)[C@H](OC(C)=O)[C@@H]1N=[N+]=[N-]. The van der Waals surface area contributed by atoms with Crippen LogP contribution in [0.4, 0.5) is 0 Å². The lowest BCUT2D eigenvalue weighted by Gasteiger charge is -2.43. The number of hydrogen-bond acceptors (Lipinski definition) is 13. The molecule has 1 fully saturated rings. The summed E-state index contributed by atoms with van der Waals surface area (Å²) < 4.78 is 42.3. The number of rotatable bonds is 16. The number of azide groups is 1. The highest BCUT2D eigenvalue weighted by Crippen LogP contribution is 2.29. The molecule has 204 valence electrons. The van der Waals surface area contributed by atoms with Gasteiger partial charge in [-0.05, 0) is 12.0 Å². The second-order valence-electron chi connectivity index (χ2n) is 7.46. The molecule has 0 unspecified atom stereocenters. The van der Waals surface area contributed by atoms with Crippen molar-refractivity contribution >= 4 is 23.9 Å². The van der Waals surface area contributed by atoms with Crippen molar-refractivity contribution in [3.63, 3.8) is 0 Å². The fourth-order valence-electron chi connectivity index (χ4n) is 3.17. The number of carbonyl (C=O) groups excluding carboxylic acids is 4. The molecule has 0 spiro atoms. The molecule has 0 N–H and O–H groups in total. The van der Waals surface area contributed by atoms with E-state index in [-0.39, 0.29) is 38.8 Å². The van der Waals surface area contributed by atoms with Gasteiger partial charge in [0.05, 0.1) is 33.5 Å². The summed E-state index contributed by atoms with van der Waals surface area (Å²) in [6.45, 7) is 4.17. The Balaban J connectivity index is 2.69. The molecule has 0 saturated carbocycles. The van der Waals surface area contributed by atoms with Gasteiger partial charge >= 0.3 is 23.9 Å². The van der Waals surface area contributed by atoms with Crippen molar-refractivity contribution in [2.24, 2.45) is 5.11 Å². The minimum absolute atomic E-state index is 0.00420. The van der Waals surface area contributed by atoms with E-state index in [1.807, 2.05) is 0 Å². The Morgan fingerprint density at radius 2 is 1.50 bits per heavy atom. The molecule has 15 nitrogen and oxygen atoms in total. The first-order valence-electron chi connectivity index (χ1n) is 11.2. The van der Waals surface area contributed by atoms with Crippen molar-refractivity contribution in [1.82, 2.24) is 0 Å². The van der Waals surface area contributed by atoms with Crippen molar-refractivity contribution in [3.8, 4) is 0 Å². The first-order valence-corrected chi connectivity index (χ1v) is 11.2. The van der Waals surface area contributed by atoms with Gasteiger partial charge in [-0.2, -0.15) is 0 Å². The van der Waals surface area contributed by atoms with Gasteiger partial charge < -0.3 is 37.9 Å². The number of nitrogens with zero attached hydrogens (tertiary/aromatic N) is 3. The molecular weight excluding hydrogens is 486 g/mol. The molecule has 0 bridgehead atoms. The van der Waals surface area contributed by atoms with Crippen LogP contribution in [-0.2, 0) is 57.1 Å². The van der Waals surface area contributed by atoms with Gasteiger partial charge in [0.15, 0.2) is 18.5 Å². The number of hydrogen-bond donors (Lipinski definition) is 0. The third-order valence-corrected chi connectivity index (χ3v) is 4.63. The molecule has 0 aromatic rings. The first-order chi connectivity index (χ1) is 17.2. The molecule has 0 aromatic carbocycles. The highest BCUT2D eigenvalue weighted by Gasteiger charge is 2.50. The molecule has 1 aliphatic heterocycles. The number of methoxy groups -OCH3 is 1. The molecule has 1 aliphatic rings. The molecule has 5 atom stereocenters. The molecule has 1 rings (SSSR count). The average Bonchev–Trinajstić information content (AvgIpc) is 2.81. The van der Waals surface area contributed by atoms with Crippen molar-refractivity contribution in [2.75, 3.05) is 46.8 Å². The van der Waals surface area contributed by atoms with E-state index in [1.54, 1.807) is 0 Å². The number of carbonyl (C=O) groups is 4. The third kappa shape index (κ3) is 12.1. The van der Waals surface area contributed by atoms with Gasteiger partial charge in [-0.3, -0.25) is 19.2 Å². The summed E-state index contributed by atoms with van der Waals surface area (Å²) in [6, 6.07) is -1.21. The molecule has 1 saturated heterocycles. The van der Waals surface area contributed by atoms with E-state index < -0.39 is 48.6 Å². The molecule has 36 heavy (non-hydrogen) atoms. The lowest BCUT2D eigenvalue weighted by atomic mass is 9.97. The summed E-state index contributed by atoms with van der Waals surface area (Å²) in [6.07, 6.45) is -3.99. The highest BCUT2D eigenvalue weighted by molar-refractivity contribution is 5.69. The summed E-state index contributed by atoms with van der Waals surface area (Å²) in [7, 11) is 1.32. The van der Waals surface area contributed by atoms with Gasteiger partial charge in [0.1, 0.15) is 18.8 Å². The van der Waals surface area contributed by atoms with Gasteiger partial charge in [0.25, 0.3) is 0 Å². The lowest BCUT2D eigenvalue weighted by molar-refractivity contribution is -0.275. The van der Waals surface area contributed by atoms with Crippen LogP contribution in [0.3, 0.4) is 0 Å². The third-order valence-electron chi connectivity index (χ3n) is 4.63. The second kappa shape index (κ2) is 17.5. The summed E-state index contributed by atoms with van der Waals surface area (Å²) in [4.78, 5) is 48.5. The van der Waals surface area contributed by atoms with E-state index in [0.717, 1.165) is 13.8 Å². The van der Waals surface area contributed by atoms with Crippen molar-refractivity contribution in [3.05, 3.63) is 10.4 Å². The monoisotopic (exact) mass is 519 g/mol. The number of ether oxygens (including phenoxy) is 8. The maximum atomic E-state index is 11.7. The molecule has 15 heteroatoms. The molecule has 1 heterocycles. The van der Waals surface area contributed by atoms with Crippen molar-refractivity contribution in [1.29, 1.82) is 0 Å². The Bertz CT molecular complexity index is 773. The van der Waals surface area contributed by atoms with E-state index in [9.17, 15) is 19.2 Å². The summed E-state index contributed by atoms with van der Waals surface area (Å²) in [5.41, 5.74) is 9.04. The minimum Gasteiger partial charge on any atom is -0.469 e. The Hall–Kier alpha value is -2.97. The fourth-order valence-corrected chi connectivity index (χ4v) is 3.17. The smallest absolute Gasteiger partial charge is 0.305 e.